The van der Waals surface area contributed by atoms with E-state index < -0.39 is 5.69 Å². The van der Waals surface area contributed by atoms with Crippen molar-refractivity contribution in [3.63, 3.8) is 0 Å². The Balaban J connectivity index is 2.00. The molecule has 0 atom stereocenters. The Morgan fingerprint density at radius 3 is 2.54 bits per heavy atom. The summed E-state index contributed by atoms with van der Waals surface area (Å²) in [6.07, 6.45) is 3.48. The van der Waals surface area contributed by atoms with E-state index >= 15 is 0 Å². The molecule has 0 radical (unpaired) electrons. The Bertz CT molecular complexity index is 1120. The van der Waals surface area contributed by atoms with E-state index in [0.29, 0.717) is 23.7 Å². The Labute approximate surface area is 161 Å². The summed E-state index contributed by atoms with van der Waals surface area (Å²) in [6.45, 7) is 2.67. The summed E-state index contributed by atoms with van der Waals surface area (Å²) in [7, 11) is 4.69. The Hall–Kier alpha value is -3.36. The van der Waals surface area contributed by atoms with Gasteiger partial charge in [0.15, 0.2) is 11.2 Å². The summed E-state index contributed by atoms with van der Waals surface area (Å²) in [6, 6.07) is 7.45. The van der Waals surface area contributed by atoms with Crippen LogP contribution in [0.1, 0.15) is 25.3 Å². The monoisotopic (exact) mass is 384 g/mol. The van der Waals surface area contributed by atoms with Gasteiger partial charge < -0.3 is 9.30 Å². The summed E-state index contributed by atoms with van der Waals surface area (Å²) in [5.74, 6) is 1.19. The van der Waals surface area contributed by atoms with Gasteiger partial charge in [0, 0.05) is 20.6 Å². The average Bonchev–Trinajstić information content (AvgIpc) is 3.08. The summed E-state index contributed by atoms with van der Waals surface area (Å²) >= 11 is 0. The number of rotatable bonds is 7. The van der Waals surface area contributed by atoms with E-state index in [1.807, 2.05) is 24.3 Å². The van der Waals surface area contributed by atoms with E-state index in [1.165, 1.54) is 11.6 Å². The lowest BCUT2D eigenvalue weighted by molar-refractivity contribution is 0.415. The molecule has 2 heterocycles. The van der Waals surface area contributed by atoms with Crippen molar-refractivity contribution in [2.45, 2.75) is 26.3 Å². The van der Waals surface area contributed by atoms with Gasteiger partial charge in [-0.1, -0.05) is 13.3 Å². The van der Waals surface area contributed by atoms with E-state index in [2.05, 4.69) is 22.4 Å². The first-order valence-electron chi connectivity index (χ1n) is 9.07. The molecule has 0 saturated heterocycles. The Morgan fingerprint density at radius 1 is 1.18 bits per heavy atom. The Morgan fingerprint density at radius 2 is 1.89 bits per heavy atom. The number of ether oxygens (including phenoxy) is 1. The third-order valence-electron chi connectivity index (χ3n) is 4.58. The third kappa shape index (κ3) is 3.55. The largest absolute Gasteiger partial charge is 0.497 e. The lowest BCUT2D eigenvalue weighted by Gasteiger charge is -2.08. The molecule has 9 nitrogen and oxygen atoms in total. The zero-order valence-electron chi connectivity index (χ0n) is 16.5. The highest BCUT2D eigenvalue weighted by Gasteiger charge is 2.18. The van der Waals surface area contributed by atoms with Crippen molar-refractivity contribution < 1.29 is 4.74 Å². The molecule has 0 aliphatic rings. The highest BCUT2D eigenvalue weighted by atomic mass is 16.5. The van der Waals surface area contributed by atoms with Crippen molar-refractivity contribution in [1.82, 2.24) is 18.7 Å². The van der Waals surface area contributed by atoms with Gasteiger partial charge in [-0.3, -0.25) is 13.9 Å². The molecule has 0 aliphatic heterocycles. The molecule has 148 valence electrons. The summed E-state index contributed by atoms with van der Waals surface area (Å²) < 4.78 is 9.39. The second-order valence-electron chi connectivity index (χ2n) is 6.46. The van der Waals surface area contributed by atoms with Gasteiger partial charge >= 0.3 is 5.69 Å². The molecule has 9 heteroatoms. The quantitative estimate of drug-likeness (QED) is 0.494. The van der Waals surface area contributed by atoms with Crippen molar-refractivity contribution in [2.24, 2.45) is 19.2 Å². The van der Waals surface area contributed by atoms with Crippen LogP contribution in [0.4, 0.5) is 5.95 Å². The second kappa shape index (κ2) is 8.12. The first kappa shape index (κ1) is 19.4. The van der Waals surface area contributed by atoms with Crippen molar-refractivity contribution in [3.8, 4) is 5.75 Å². The number of benzene rings is 1. The fourth-order valence-electron chi connectivity index (χ4n) is 2.92. The molecule has 0 amide bonds. The van der Waals surface area contributed by atoms with Crippen LogP contribution in [0.15, 0.2) is 39.0 Å². The van der Waals surface area contributed by atoms with Crippen LogP contribution in [-0.2, 0) is 20.6 Å². The molecule has 0 fully saturated rings. The number of imidazole rings is 1. The zero-order chi connectivity index (χ0) is 20.3. The van der Waals surface area contributed by atoms with Crippen molar-refractivity contribution in [3.05, 3.63) is 50.7 Å². The number of unbranched alkanes of at least 4 members (excludes halogenated alkanes) is 1. The number of fused-ring (bicyclic) bond motifs is 1. The van der Waals surface area contributed by atoms with Crippen LogP contribution in [-0.4, -0.2) is 32.0 Å². The molecule has 1 N–H and O–H groups in total. The zero-order valence-corrected chi connectivity index (χ0v) is 16.5. The minimum absolute atomic E-state index is 0.339. The number of aromatic nitrogens is 4. The van der Waals surface area contributed by atoms with Crippen molar-refractivity contribution in [1.29, 1.82) is 0 Å². The molecular weight excluding hydrogens is 360 g/mol. The normalized spacial score (nSPS) is 11.4. The van der Waals surface area contributed by atoms with Gasteiger partial charge in [-0.25, -0.2) is 10.2 Å². The fraction of sp³-hybridized carbons (Fsp3) is 0.368. The number of nitrogens with zero attached hydrogens (tertiary/aromatic N) is 5. The standard InChI is InChI=1S/C19H24N6O3/c1-5-6-11-25-15-16(23(2)19(27)24(3)17(15)26)21-18(25)22-20-12-13-7-9-14(28-4)10-8-13/h7-10,12H,5-6,11H2,1-4H3,(H,21,22)/b20-12-. The van der Waals surface area contributed by atoms with Crippen LogP contribution in [0, 0.1) is 0 Å². The molecule has 0 aliphatic carbocycles. The van der Waals surface area contributed by atoms with Gasteiger partial charge in [0.05, 0.1) is 13.3 Å². The van der Waals surface area contributed by atoms with Gasteiger partial charge in [-0.15, -0.1) is 0 Å². The van der Waals surface area contributed by atoms with E-state index in [-0.39, 0.29) is 5.56 Å². The molecule has 0 saturated carbocycles. The molecule has 0 bridgehead atoms. The third-order valence-corrected chi connectivity index (χ3v) is 4.58. The molecule has 3 rings (SSSR count). The Kier molecular flexibility index (Phi) is 5.62. The molecule has 2 aromatic heterocycles. The number of nitrogens with one attached hydrogen (secondary N) is 1. The van der Waals surface area contributed by atoms with Gasteiger partial charge in [-0.05, 0) is 36.2 Å². The second-order valence-corrected chi connectivity index (χ2v) is 6.46. The van der Waals surface area contributed by atoms with Crippen LogP contribution in [0.25, 0.3) is 11.2 Å². The number of aryl methyl sites for hydroxylation is 2. The number of hydrazone groups is 1. The lowest BCUT2D eigenvalue weighted by Crippen LogP contribution is -2.37. The van der Waals surface area contributed by atoms with Crippen LogP contribution >= 0.6 is 0 Å². The van der Waals surface area contributed by atoms with Gasteiger partial charge in [0.25, 0.3) is 5.56 Å². The van der Waals surface area contributed by atoms with E-state index in [4.69, 9.17) is 4.74 Å². The van der Waals surface area contributed by atoms with Crippen LogP contribution in [0.2, 0.25) is 0 Å². The van der Waals surface area contributed by atoms with Gasteiger partial charge in [-0.2, -0.15) is 10.1 Å². The van der Waals surface area contributed by atoms with Crippen molar-refractivity contribution in [2.75, 3.05) is 12.5 Å². The van der Waals surface area contributed by atoms with E-state index in [0.717, 1.165) is 28.7 Å². The number of anilines is 1. The predicted molar refractivity (Wildman–Crippen MR) is 109 cm³/mol. The van der Waals surface area contributed by atoms with Gasteiger partial charge in [0.1, 0.15) is 5.75 Å². The maximum Gasteiger partial charge on any atom is 0.332 e. The molecule has 1 aromatic carbocycles. The molecule has 3 aromatic rings. The molecule has 0 unspecified atom stereocenters. The maximum absolute atomic E-state index is 12.7. The first-order chi connectivity index (χ1) is 13.5. The average molecular weight is 384 g/mol. The molecule has 28 heavy (non-hydrogen) atoms. The highest BCUT2D eigenvalue weighted by molar-refractivity contribution is 5.80. The molecule has 0 spiro atoms. The van der Waals surface area contributed by atoms with Gasteiger partial charge in [0.2, 0.25) is 5.95 Å². The van der Waals surface area contributed by atoms with E-state index in [9.17, 15) is 9.59 Å². The number of hydrogen-bond donors (Lipinski definition) is 1. The van der Waals surface area contributed by atoms with Crippen LogP contribution in [0.5, 0.6) is 5.75 Å². The number of hydrogen-bond acceptors (Lipinski definition) is 6. The van der Waals surface area contributed by atoms with E-state index in [1.54, 1.807) is 24.9 Å². The van der Waals surface area contributed by atoms with Crippen molar-refractivity contribution >= 4 is 23.3 Å². The minimum Gasteiger partial charge on any atom is -0.497 e. The molecular formula is C19H24N6O3. The topological polar surface area (TPSA) is 95.4 Å². The SMILES string of the molecule is CCCCn1c(N/N=C\c2ccc(OC)cc2)nc2c1c(=O)n(C)c(=O)n2C. The smallest absolute Gasteiger partial charge is 0.332 e. The fourth-order valence-corrected chi connectivity index (χ4v) is 2.92. The summed E-state index contributed by atoms with van der Waals surface area (Å²) in [5, 5.41) is 4.24. The lowest BCUT2D eigenvalue weighted by atomic mass is 10.2. The summed E-state index contributed by atoms with van der Waals surface area (Å²) in [5.41, 5.74) is 3.74. The maximum atomic E-state index is 12.7. The minimum atomic E-state index is -0.411. The number of methoxy groups -OCH3 is 1. The first-order valence-corrected chi connectivity index (χ1v) is 9.07. The summed E-state index contributed by atoms with van der Waals surface area (Å²) in [4.78, 5) is 29.3. The highest BCUT2D eigenvalue weighted by Crippen LogP contribution is 2.17. The van der Waals surface area contributed by atoms with Crippen LogP contribution in [0.3, 0.4) is 0 Å². The van der Waals surface area contributed by atoms with Crippen LogP contribution < -0.4 is 21.4 Å². The predicted octanol–water partition coefficient (Wildman–Crippen LogP) is 1.69.